The molecule has 0 aliphatic heterocycles. The van der Waals surface area contributed by atoms with Gasteiger partial charge in [-0.3, -0.25) is 4.18 Å². The van der Waals surface area contributed by atoms with Crippen LogP contribution in [0.3, 0.4) is 0 Å². The number of carboxylic acids is 1. The number of benzene rings is 1. The van der Waals surface area contributed by atoms with Gasteiger partial charge in [0.2, 0.25) is 0 Å². The highest BCUT2D eigenvalue weighted by Crippen LogP contribution is 2.14. The quantitative estimate of drug-likeness (QED) is 0.505. The summed E-state index contributed by atoms with van der Waals surface area (Å²) in [6, 6.07) is 6.84. The van der Waals surface area contributed by atoms with E-state index < -0.39 is 22.2 Å². The lowest BCUT2D eigenvalue weighted by atomic mass is 10.1. The van der Waals surface area contributed by atoms with Gasteiger partial charge < -0.3 is 14.6 Å². The fraction of sp³-hybridized carbons (Fsp3) is 0.500. The predicted molar refractivity (Wildman–Crippen MR) is 79.5 cm³/mol. The van der Waals surface area contributed by atoms with Crippen molar-refractivity contribution in [2.24, 2.45) is 0 Å². The summed E-state index contributed by atoms with van der Waals surface area (Å²) in [5.74, 6) is -0.454. The molecule has 0 saturated carbocycles. The third kappa shape index (κ3) is 7.39. The summed E-state index contributed by atoms with van der Waals surface area (Å²) in [6.07, 6.45) is 0.361. The smallest absolute Gasteiger partial charge is 0.333 e. The third-order valence-corrected chi connectivity index (χ3v) is 3.23. The first-order valence-corrected chi connectivity index (χ1v) is 8.54. The van der Waals surface area contributed by atoms with Crippen molar-refractivity contribution in [1.82, 2.24) is 0 Å². The van der Waals surface area contributed by atoms with Gasteiger partial charge in [-0.05, 0) is 24.6 Å². The van der Waals surface area contributed by atoms with Crippen LogP contribution in [-0.4, -0.2) is 51.7 Å². The minimum absolute atomic E-state index is 0.0635. The summed E-state index contributed by atoms with van der Waals surface area (Å²) in [6.45, 7) is 2.11. The summed E-state index contributed by atoms with van der Waals surface area (Å²) in [5.41, 5.74) is 0.806. The molecule has 0 aromatic heterocycles. The lowest BCUT2D eigenvalue weighted by Gasteiger charge is -2.12. The fourth-order valence-electron chi connectivity index (χ4n) is 1.70. The molecule has 0 saturated heterocycles. The van der Waals surface area contributed by atoms with Crippen LogP contribution in [0.2, 0.25) is 0 Å². The van der Waals surface area contributed by atoms with Crippen molar-refractivity contribution in [2.75, 3.05) is 26.1 Å². The van der Waals surface area contributed by atoms with E-state index in [4.69, 9.17) is 14.6 Å². The number of rotatable bonds is 10. The molecule has 0 spiro atoms. The van der Waals surface area contributed by atoms with Crippen LogP contribution in [0.4, 0.5) is 0 Å². The molecule has 124 valence electrons. The van der Waals surface area contributed by atoms with Gasteiger partial charge in [-0.25, -0.2) is 4.79 Å². The first-order valence-electron chi connectivity index (χ1n) is 6.72. The number of carbonyl (C=O) groups is 1. The van der Waals surface area contributed by atoms with Crippen LogP contribution in [0.15, 0.2) is 24.3 Å². The van der Waals surface area contributed by atoms with Crippen molar-refractivity contribution in [3.05, 3.63) is 29.8 Å². The molecule has 0 aliphatic rings. The molecule has 0 heterocycles. The van der Waals surface area contributed by atoms with Crippen LogP contribution >= 0.6 is 0 Å². The minimum atomic E-state index is -3.46. The maximum atomic E-state index is 11.0. The Morgan fingerprint density at radius 2 is 1.86 bits per heavy atom. The van der Waals surface area contributed by atoms with E-state index in [-0.39, 0.29) is 19.6 Å². The molecular formula is C14H20O7S. The summed E-state index contributed by atoms with van der Waals surface area (Å²) in [4.78, 5) is 11.0. The molecule has 1 atom stereocenters. The number of ether oxygens (including phenoxy) is 2. The van der Waals surface area contributed by atoms with E-state index >= 15 is 0 Å². The highest BCUT2D eigenvalue weighted by molar-refractivity contribution is 7.85. The SMILES string of the molecule is CCOC(Cc1ccc(OCCOS(C)(=O)=O)cc1)C(=O)O. The molecule has 0 amide bonds. The monoisotopic (exact) mass is 332 g/mol. The third-order valence-electron chi connectivity index (χ3n) is 2.64. The molecule has 1 aromatic carbocycles. The second-order valence-corrected chi connectivity index (χ2v) is 6.15. The van der Waals surface area contributed by atoms with Crippen LogP contribution in [0.5, 0.6) is 5.75 Å². The molecule has 0 fully saturated rings. The van der Waals surface area contributed by atoms with Gasteiger partial charge in [0.05, 0.1) is 6.26 Å². The number of hydrogen-bond acceptors (Lipinski definition) is 6. The largest absolute Gasteiger partial charge is 0.491 e. The van der Waals surface area contributed by atoms with Crippen molar-refractivity contribution in [3.63, 3.8) is 0 Å². The molecule has 1 unspecified atom stereocenters. The Bertz CT molecular complexity index is 565. The topological polar surface area (TPSA) is 99.1 Å². The maximum absolute atomic E-state index is 11.0. The average Bonchev–Trinajstić information content (AvgIpc) is 2.43. The predicted octanol–water partition coefficient (Wildman–Crippen LogP) is 1.07. The van der Waals surface area contributed by atoms with E-state index in [1.807, 2.05) is 0 Å². The van der Waals surface area contributed by atoms with Crippen LogP contribution in [0, 0.1) is 0 Å². The highest BCUT2D eigenvalue weighted by Gasteiger charge is 2.17. The Balaban J connectivity index is 2.47. The van der Waals surface area contributed by atoms with Crippen molar-refractivity contribution in [1.29, 1.82) is 0 Å². The van der Waals surface area contributed by atoms with E-state index in [0.29, 0.717) is 12.4 Å². The number of hydrogen-bond donors (Lipinski definition) is 1. The van der Waals surface area contributed by atoms with Gasteiger partial charge in [0.25, 0.3) is 10.1 Å². The molecule has 1 rings (SSSR count). The van der Waals surface area contributed by atoms with Gasteiger partial charge in [-0.15, -0.1) is 0 Å². The van der Waals surface area contributed by atoms with E-state index in [9.17, 15) is 13.2 Å². The van der Waals surface area contributed by atoms with Gasteiger partial charge in [0.1, 0.15) is 19.0 Å². The first kappa shape index (κ1) is 18.4. The fourth-order valence-corrected chi connectivity index (χ4v) is 2.07. The van der Waals surface area contributed by atoms with Crippen molar-refractivity contribution in [3.8, 4) is 5.75 Å². The standard InChI is InChI=1S/C14H20O7S/c1-3-19-13(14(15)16)10-11-4-6-12(7-5-11)20-8-9-21-22(2,17)18/h4-7,13H,3,8-10H2,1-2H3,(H,15,16). The van der Waals surface area contributed by atoms with Crippen LogP contribution in [0.25, 0.3) is 0 Å². The summed E-state index contributed by atoms with van der Waals surface area (Å²) in [5, 5.41) is 9.02. The van der Waals surface area contributed by atoms with Gasteiger partial charge in [0.15, 0.2) is 6.10 Å². The van der Waals surface area contributed by atoms with Gasteiger partial charge in [0, 0.05) is 13.0 Å². The Kier molecular flexibility index (Phi) is 7.30. The number of carboxylic acid groups (broad SMARTS) is 1. The lowest BCUT2D eigenvalue weighted by molar-refractivity contribution is -0.149. The molecule has 1 aromatic rings. The summed E-state index contributed by atoms with van der Waals surface area (Å²) >= 11 is 0. The lowest BCUT2D eigenvalue weighted by Crippen LogP contribution is -2.26. The second-order valence-electron chi connectivity index (χ2n) is 4.50. The van der Waals surface area contributed by atoms with E-state index in [1.54, 1.807) is 31.2 Å². The molecule has 8 heteroatoms. The van der Waals surface area contributed by atoms with Crippen LogP contribution in [0.1, 0.15) is 12.5 Å². The second kappa shape index (κ2) is 8.72. The Hall–Kier alpha value is -1.64. The molecule has 22 heavy (non-hydrogen) atoms. The molecule has 0 aliphatic carbocycles. The highest BCUT2D eigenvalue weighted by atomic mass is 32.2. The molecule has 0 radical (unpaired) electrons. The molecule has 0 bridgehead atoms. The Morgan fingerprint density at radius 3 is 2.36 bits per heavy atom. The summed E-state index contributed by atoms with van der Waals surface area (Å²) < 4.78 is 36.5. The Morgan fingerprint density at radius 1 is 1.23 bits per heavy atom. The number of aliphatic carboxylic acids is 1. The van der Waals surface area contributed by atoms with Crippen molar-refractivity contribution < 1.29 is 32.0 Å². The van der Waals surface area contributed by atoms with E-state index in [2.05, 4.69) is 4.18 Å². The van der Waals surface area contributed by atoms with E-state index in [1.165, 1.54) is 0 Å². The zero-order valence-electron chi connectivity index (χ0n) is 12.5. The van der Waals surface area contributed by atoms with Crippen molar-refractivity contribution in [2.45, 2.75) is 19.4 Å². The Labute approximate surface area is 129 Å². The molecule has 7 nitrogen and oxygen atoms in total. The van der Waals surface area contributed by atoms with Gasteiger partial charge in [-0.1, -0.05) is 12.1 Å². The minimum Gasteiger partial charge on any atom is -0.491 e. The zero-order valence-corrected chi connectivity index (χ0v) is 13.3. The van der Waals surface area contributed by atoms with Crippen molar-refractivity contribution >= 4 is 16.1 Å². The maximum Gasteiger partial charge on any atom is 0.333 e. The van der Waals surface area contributed by atoms with E-state index in [0.717, 1.165) is 11.8 Å². The molecular weight excluding hydrogens is 312 g/mol. The van der Waals surface area contributed by atoms with Crippen LogP contribution in [-0.2, 0) is 30.3 Å². The molecule has 1 N–H and O–H groups in total. The normalized spacial score (nSPS) is 12.8. The van der Waals surface area contributed by atoms with Gasteiger partial charge >= 0.3 is 5.97 Å². The summed E-state index contributed by atoms with van der Waals surface area (Å²) in [7, 11) is -3.46. The van der Waals surface area contributed by atoms with Crippen LogP contribution < -0.4 is 4.74 Å². The van der Waals surface area contributed by atoms with Gasteiger partial charge in [-0.2, -0.15) is 8.42 Å². The zero-order chi connectivity index (χ0) is 16.6. The average molecular weight is 332 g/mol. The first-order chi connectivity index (χ1) is 10.3.